The Morgan fingerprint density at radius 2 is 1.58 bits per heavy atom. The van der Waals surface area contributed by atoms with E-state index in [4.69, 9.17) is 5.11 Å². The zero-order chi connectivity index (χ0) is 15.2. The van der Waals surface area contributed by atoms with Crippen molar-refractivity contribution in [3.05, 3.63) is 0 Å². The summed E-state index contributed by atoms with van der Waals surface area (Å²) in [6, 6.07) is -1.64. The Morgan fingerprint density at radius 3 is 1.89 bits per heavy atom. The Bertz CT molecular complexity index is 340. The molecule has 0 aliphatic carbocycles. The molecule has 0 rings (SSSR count). The molecular weight excluding hydrogens is 248 g/mol. The first kappa shape index (κ1) is 17.4. The van der Waals surface area contributed by atoms with E-state index in [1.165, 1.54) is 6.92 Å². The second-order valence-electron chi connectivity index (χ2n) is 5.45. The van der Waals surface area contributed by atoms with Crippen LogP contribution in [0.25, 0.3) is 0 Å². The molecule has 0 aromatic heterocycles. The van der Waals surface area contributed by atoms with Crippen molar-refractivity contribution in [3.63, 3.8) is 0 Å². The first-order valence-electron chi connectivity index (χ1n) is 6.45. The topological polar surface area (TPSA) is 95.5 Å². The smallest absolute Gasteiger partial charge is 0.326 e. The Morgan fingerprint density at radius 1 is 1.05 bits per heavy atom. The minimum absolute atomic E-state index is 0.114. The standard InChI is InChI=1S/C13H24N2O4/c1-7(2)6-10(13(18)19)15-12(17)11(8(3)4)14-9(5)16/h7-8,10-11H,6H2,1-5H3,(H,14,16)(H,15,17)(H,18,19). The number of hydrogen-bond donors (Lipinski definition) is 3. The van der Waals surface area contributed by atoms with Crippen LogP contribution >= 0.6 is 0 Å². The molecule has 3 N–H and O–H groups in total. The number of carboxylic acid groups (broad SMARTS) is 1. The van der Waals surface area contributed by atoms with E-state index in [-0.39, 0.29) is 17.7 Å². The van der Waals surface area contributed by atoms with Crippen molar-refractivity contribution >= 4 is 17.8 Å². The van der Waals surface area contributed by atoms with Crippen LogP contribution in [0.4, 0.5) is 0 Å². The summed E-state index contributed by atoms with van der Waals surface area (Å²) >= 11 is 0. The highest BCUT2D eigenvalue weighted by molar-refractivity contribution is 5.90. The largest absolute Gasteiger partial charge is 0.480 e. The van der Waals surface area contributed by atoms with Crippen LogP contribution in [0.5, 0.6) is 0 Å². The SMILES string of the molecule is CC(=O)NC(C(=O)NC(CC(C)C)C(=O)O)C(C)C. The van der Waals surface area contributed by atoms with Gasteiger partial charge in [-0.25, -0.2) is 4.79 Å². The van der Waals surface area contributed by atoms with Crippen LogP contribution in [-0.2, 0) is 14.4 Å². The van der Waals surface area contributed by atoms with Crippen molar-refractivity contribution < 1.29 is 19.5 Å². The lowest BCUT2D eigenvalue weighted by atomic mass is 10.0. The summed E-state index contributed by atoms with van der Waals surface area (Å²) in [7, 11) is 0. The third-order valence-electron chi connectivity index (χ3n) is 2.63. The molecule has 0 saturated carbocycles. The molecule has 2 atom stereocenters. The number of carbonyl (C=O) groups is 3. The van der Waals surface area contributed by atoms with Gasteiger partial charge in [-0.1, -0.05) is 27.7 Å². The molecule has 0 aromatic rings. The van der Waals surface area contributed by atoms with E-state index in [0.717, 1.165) is 0 Å². The van der Waals surface area contributed by atoms with Crippen LogP contribution in [0.1, 0.15) is 41.0 Å². The Labute approximate surface area is 113 Å². The Balaban J connectivity index is 4.75. The Hall–Kier alpha value is -1.59. The fraction of sp³-hybridized carbons (Fsp3) is 0.769. The molecule has 0 bridgehead atoms. The van der Waals surface area contributed by atoms with Gasteiger partial charge < -0.3 is 15.7 Å². The fourth-order valence-corrected chi connectivity index (χ4v) is 1.71. The van der Waals surface area contributed by atoms with Crippen molar-refractivity contribution in [1.82, 2.24) is 10.6 Å². The van der Waals surface area contributed by atoms with Crippen LogP contribution in [0.3, 0.4) is 0 Å². The van der Waals surface area contributed by atoms with Crippen molar-refractivity contribution in [2.75, 3.05) is 0 Å². The van der Waals surface area contributed by atoms with Gasteiger partial charge >= 0.3 is 5.97 Å². The normalized spacial score (nSPS) is 14.1. The predicted octanol–water partition coefficient (Wildman–Crippen LogP) is 0.763. The first-order chi connectivity index (χ1) is 8.65. The number of hydrogen-bond acceptors (Lipinski definition) is 3. The zero-order valence-corrected chi connectivity index (χ0v) is 12.2. The molecule has 19 heavy (non-hydrogen) atoms. The molecular formula is C13H24N2O4. The molecule has 6 heteroatoms. The van der Waals surface area contributed by atoms with Gasteiger partial charge in [0.05, 0.1) is 0 Å². The summed E-state index contributed by atoms with van der Waals surface area (Å²) in [5.41, 5.74) is 0. The monoisotopic (exact) mass is 272 g/mol. The average molecular weight is 272 g/mol. The van der Waals surface area contributed by atoms with E-state index >= 15 is 0 Å². The highest BCUT2D eigenvalue weighted by Crippen LogP contribution is 2.07. The maximum absolute atomic E-state index is 12.0. The molecule has 0 fully saturated rings. The van der Waals surface area contributed by atoms with Crippen LogP contribution in [0.15, 0.2) is 0 Å². The lowest BCUT2D eigenvalue weighted by Gasteiger charge is -2.24. The van der Waals surface area contributed by atoms with Gasteiger partial charge in [0, 0.05) is 6.92 Å². The van der Waals surface area contributed by atoms with Crippen molar-refractivity contribution in [3.8, 4) is 0 Å². The van der Waals surface area contributed by atoms with Crippen molar-refractivity contribution in [2.24, 2.45) is 11.8 Å². The number of carbonyl (C=O) groups excluding carboxylic acids is 2. The summed E-state index contributed by atoms with van der Waals surface area (Å²) in [5, 5.41) is 14.1. The van der Waals surface area contributed by atoms with Gasteiger partial charge in [0.25, 0.3) is 0 Å². The third-order valence-corrected chi connectivity index (χ3v) is 2.63. The number of nitrogens with one attached hydrogen (secondary N) is 2. The maximum atomic E-state index is 12.0. The second kappa shape index (κ2) is 7.76. The fourth-order valence-electron chi connectivity index (χ4n) is 1.71. The van der Waals surface area contributed by atoms with Crippen LogP contribution in [0, 0.1) is 11.8 Å². The molecule has 0 saturated heterocycles. The first-order valence-corrected chi connectivity index (χ1v) is 6.45. The molecule has 0 aliphatic rings. The van der Waals surface area contributed by atoms with Gasteiger partial charge in [0.15, 0.2) is 0 Å². The third kappa shape index (κ3) is 6.79. The quantitative estimate of drug-likeness (QED) is 0.637. The number of amides is 2. The number of carboxylic acids is 1. The van der Waals surface area contributed by atoms with Gasteiger partial charge in [0.2, 0.25) is 11.8 Å². The molecule has 0 radical (unpaired) electrons. The maximum Gasteiger partial charge on any atom is 0.326 e. The molecule has 0 spiro atoms. The second-order valence-corrected chi connectivity index (χ2v) is 5.45. The van der Waals surface area contributed by atoms with Crippen LogP contribution in [-0.4, -0.2) is 35.0 Å². The van der Waals surface area contributed by atoms with E-state index in [9.17, 15) is 14.4 Å². The zero-order valence-electron chi connectivity index (χ0n) is 12.2. The summed E-state index contributed by atoms with van der Waals surface area (Å²) in [4.78, 5) is 34.2. The van der Waals surface area contributed by atoms with Crippen molar-refractivity contribution in [2.45, 2.75) is 53.1 Å². The van der Waals surface area contributed by atoms with Gasteiger partial charge in [-0.2, -0.15) is 0 Å². The Kier molecular flexibility index (Phi) is 7.11. The van der Waals surface area contributed by atoms with Gasteiger partial charge in [-0.3, -0.25) is 9.59 Å². The van der Waals surface area contributed by atoms with Gasteiger partial charge in [0.1, 0.15) is 12.1 Å². The van der Waals surface area contributed by atoms with Crippen LogP contribution in [0.2, 0.25) is 0 Å². The van der Waals surface area contributed by atoms with E-state index in [2.05, 4.69) is 10.6 Å². The lowest BCUT2D eigenvalue weighted by Crippen LogP contribution is -2.53. The minimum Gasteiger partial charge on any atom is -0.480 e. The van der Waals surface area contributed by atoms with Gasteiger partial charge in [-0.05, 0) is 18.3 Å². The molecule has 0 heterocycles. The summed E-state index contributed by atoms with van der Waals surface area (Å²) < 4.78 is 0. The predicted molar refractivity (Wildman–Crippen MR) is 71.5 cm³/mol. The van der Waals surface area contributed by atoms with E-state index < -0.39 is 24.0 Å². The highest BCUT2D eigenvalue weighted by Gasteiger charge is 2.28. The van der Waals surface area contributed by atoms with E-state index in [1.54, 1.807) is 13.8 Å². The minimum atomic E-state index is -1.06. The average Bonchev–Trinajstić information content (AvgIpc) is 2.23. The molecule has 2 unspecified atom stereocenters. The van der Waals surface area contributed by atoms with Crippen molar-refractivity contribution in [1.29, 1.82) is 0 Å². The molecule has 110 valence electrons. The number of aliphatic carboxylic acids is 1. The molecule has 0 aromatic carbocycles. The number of rotatable bonds is 7. The summed E-state index contributed by atoms with van der Waals surface area (Å²) in [6.07, 6.45) is 0.353. The summed E-state index contributed by atoms with van der Waals surface area (Å²) in [6.45, 7) is 8.67. The molecule has 0 aliphatic heterocycles. The highest BCUT2D eigenvalue weighted by atomic mass is 16.4. The molecule has 2 amide bonds. The summed E-state index contributed by atoms with van der Waals surface area (Å²) in [5.74, 6) is -1.80. The van der Waals surface area contributed by atoms with E-state index in [0.29, 0.717) is 6.42 Å². The lowest BCUT2D eigenvalue weighted by molar-refractivity contribution is -0.142. The van der Waals surface area contributed by atoms with Gasteiger partial charge in [-0.15, -0.1) is 0 Å². The van der Waals surface area contributed by atoms with Crippen LogP contribution < -0.4 is 10.6 Å². The van der Waals surface area contributed by atoms with E-state index in [1.807, 2.05) is 13.8 Å². The molecule has 6 nitrogen and oxygen atoms in total.